The molecule has 1 rings (SSSR count). The Hall–Kier alpha value is -0.960. The van der Waals surface area contributed by atoms with Crippen LogP contribution in [0.15, 0.2) is 12.4 Å². The van der Waals surface area contributed by atoms with Gasteiger partial charge in [0.2, 0.25) is 0 Å². The van der Waals surface area contributed by atoms with E-state index in [9.17, 15) is 5.11 Å². The van der Waals surface area contributed by atoms with Crippen LogP contribution in [0.25, 0.3) is 0 Å². The van der Waals surface area contributed by atoms with Crippen LogP contribution >= 0.6 is 0 Å². The van der Waals surface area contributed by atoms with Gasteiger partial charge in [-0.1, -0.05) is 13.8 Å². The second kappa shape index (κ2) is 4.33. The fourth-order valence-corrected chi connectivity index (χ4v) is 1.06. The minimum atomic E-state index is -0.323. The van der Waals surface area contributed by atoms with E-state index in [4.69, 9.17) is 0 Å². The SMILES string of the molecule is Cc1cncc(CC(O)C(C)C)n1. The van der Waals surface area contributed by atoms with Crippen LogP contribution < -0.4 is 0 Å². The van der Waals surface area contributed by atoms with Crippen LogP contribution in [0.4, 0.5) is 0 Å². The molecule has 1 N–H and O–H groups in total. The van der Waals surface area contributed by atoms with Crippen LogP contribution in [0.5, 0.6) is 0 Å². The largest absolute Gasteiger partial charge is 0.392 e. The summed E-state index contributed by atoms with van der Waals surface area (Å²) in [6.45, 7) is 5.89. The molecule has 1 aromatic heterocycles. The van der Waals surface area contributed by atoms with Crippen molar-refractivity contribution >= 4 is 0 Å². The van der Waals surface area contributed by atoms with Crippen molar-refractivity contribution in [1.82, 2.24) is 9.97 Å². The highest BCUT2D eigenvalue weighted by molar-refractivity contribution is 5.02. The van der Waals surface area contributed by atoms with Gasteiger partial charge in [-0.3, -0.25) is 9.97 Å². The molecule has 1 aromatic rings. The third-order valence-corrected chi connectivity index (χ3v) is 1.99. The van der Waals surface area contributed by atoms with E-state index in [1.807, 2.05) is 20.8 Å². The highest BCUT2D eigenvalue weighted by Crippen LogP contribution is 2.07. The molecular formula is C10H16N2O. The van der Waals surface area contributed by atoms with Crippen LogP contribution in [0.1, 0.15) is 25.2 Å². The van der Waals surface area contributed by atoms with Gasteiger partial charge in [-0.2, -0.15) is 0 Å². The van der Waals surface area contributed by atoms with Crippen molar-refractivity contribution in [3.63, 3.8) is 0 Å². The van der Waals surface area contributed by atoms with Crippen molar-refractivity contribution < 1.29 is 5.11 Å². The molecule has 0 amide bonds. The maximum atomic E-state index is 9.60. The van der Waals surface area contributed by atoms with Gasteiger partial charge in [-0.15, -0.1) is 0 Å². The van der Waals surface area contributed by atoms with Gasteiger partial charge >= 0.3 is 0 Å². The van der Waals surface area contributed by atoms with Crippen molar-refractivity contribution in [2.24, 2.45) is 5.92 Å². The van der Waals surface area contributed by atoms with E-state index < -0.39 is 0 Å². The van der Waals surface area contributed by atoms with Crippen LogP contribution in [0, 0.1) is 12.8 Å². The van der Waals surface area contributed by atoms with Crippen LogP contribution in [-0.4, -0.2) is 21.2 Å². The molecule has 13 heavy (non-hydrogen) atoms. The van der Waals surface area contributed by atoms with Crippen molar-refractivity contribution in [2.75, 3.05) is 0 Å². The lowest BCUT2D eigenvalue weighted by Gasteiger charge is -2.13. The second-order valence-electron chi connectivity index (χ2n) is 3.67. The van der Waals surface area contributed by atoms with Crippen molar-refractivity contribution in [3.05, 3.63) is 23.8 Å². The van der Waals surface area contributed by atoms with Gasteiger partial charge in [0.25, 0.3) is 0 Å². The standard InChI is InChI=1S/C10H16N2O/c1-7(2)10(13)4-9-6-11-5-8(3)12-9/h5-7,10,13H,4H2,1-3H3. The molecule has 0 aliphatic rings. The summed E-state index contributed by atoms with van der Waals surface area (Å²) < 4.78 is 0. The quantitative estimate of drug-likeness (QED) is 0.763. The van der Waals surface area contributed by atoms with Gasteiger partial charge in [-0.25, -0.2) is 0 Å². The zero-order valence-electron chi connectivity index (χ0n) is 8.36. The predicted octanol–water partition coefficient (Wildman–Crippen LogP) is 1.34. The maximum Gasteiger partial charge on any atom is 0.0619 e. The molecule has 0 saturated carbocycles. The molecule has 0 aliphatic carbocycles. The Morgan fingerprint density at radius 3 is 2.62 bits per heavy atom. The topological polar surface area (TPSA) is 46.0 Å². The molecule has 0 aromatic carbocycles. The number of aromatic nitrogens is 2. The molecule has 0 radical (unpaired) electrons. The van der Waals surface area contributed by atoms with E-state index in [0.29, 0.717) is 6.42 Å². The van der Waals surface area contributed by atoms with Crippen LogP contribution in [0.3, 0.4) is 0 Å². The van der Waals surface area contributed by atoms with Gasteiger partial charge < -0.3 is 5.11 Å². The summed E-state index contributed by atoms with van der Waals surface area (Å²) >= 11 is 0. The molecule has 0 bridgehead atoms. The number of nitrogens with zero attached hydrogens (tertiary/aromatic N) is 2. The third-order valence-electron chi connectivity index (χ3n) is 1.99. The minimum Gasteiger partial charge on any atom is -0.392 e. The number of rotatable bonds is 3. The zero-order chi connectivity index (χ0) is 9.84. The van der Waals surface area contributed by atoms with E-state index in [1.54, 1.807) is 12.4 Å². The maximum absolute atomic E-state index is 9.60. The molecule has 1 atom stereocenters. The van der Waals surface area contributed by atoms with Gasteiger partial charge in [0.15, 0.2) is 0 Å². The number of hydrogen-bond donors (Lipinski definition) is 1. The van der Waals surface area contributed by atoms with Gasteiger partial charge in [-0.05, 0) is 12.8 Å². The molecule has 1 unspecified atom stereocenters. The minimum absolute atomic E-state index is 0.266. The number of hydrogen-bond acceptors (Lipinski definition) is 3. The van der Waals surface area contributed by atoms with Crippen molar-refractivity contribution in [2.45, 2.75) is 33.3 Å². The molecular weight excluding hydrogens is 164 g/mol. The summed E-state index contributed by atoms with van der Waals surface area (Å²) in [4.78, 5) is 8.30. The molecule has 3 heteroatoms. The van der Waals surface area contributed by atoms with Crippen LogP contribution in [-0.2, 0) is 6.42 Å². The highest BCUT2D eigenvalue weighted by Gasteiger charge is 2.10. The van der Waals surface area contributed by atoms with Crippen molar-refractivity contribution in [3.8, 4) is 0 Å². The van der Waals surface area contributed by atoms with Gasteiger partial charge in [0.1, 0.15) is 0 Å². The highest BCUT2D eigenvalue weighted by atomic mass is 16.3. The van der Waals surface area contributed by atoms with E-state index in [0.717, 1.165) is 11.4 Å². The summed E-state index contributed by atoms with van der Waals surface area (Å²) in [6.07, 6.45) is 3.69. The van der Waals surface area contributed by atoms with Gasteiger partial charge in [0, 0.05) is 18.8 Å². The fourth-order valence-electron chi connectivity index (χ4n) is 1.06. The molecule has 0 fully saturated rings. The first-order chi connectivity index (χ1) is 6.09. The van der Waals surface area contributed by atoms with E-state index in [2.05, 4.69) is 9.97 Å². The van der Waals surface area contributed by atoms with E-state index >= 15 is 0 Å². The lowest BCUT2D eigenvalue weighted by molar-refractivity contribution is 0.124. The normalized spacial score (nSPS) is 13.3. The van der Waals surface area contributed by atoms with E-state index in [1.165, 1.54) is 0 Å². The lowest BCUT2D eigenvalue weighted by Crippen LogP contribution is -2.18. The molecule has 0 aliphatic heterocycles. The second-order valence-corrected chi connectivity index (χ2v) is 3.67. The summed E-state index contributed by atoms with van der Waals surface area (Å²) in [6, 6.07) is 0. The van der Waals surface area contributed by atoms with Crippen molar-refractivity contribution in [1.29, 1.82) is 0 Å². The number of aliphatic hydroxyl groups excluding tert-OH is 1. The van der Waals surface area contributed by atoms with Crippen LogP contribution in [0.2, 0.25) is 0 Å². The Morgan fingerprint density at radius 2 is 2.08 bits per heavy atom. The fraction of sp³-hybridized carbons (Fsp3) is 0.600. The number of aryl methyl sites for hydroxylation is 1. The lowest BCUT2D eigenvalue weighted by atomic mass is 10.0. The molecule has 0 spiro atoms. The summed E-state index contributed by atoms with van der Waals surface area (Å²) in [7, 11) is 0. The Bertz CT molecular complexity index is 273. The first-order valence-corrected chi connectivity index (χ1v) is 4.55. The molecule has 1 heterocycles. The number of aliphatic hydroxyl groups is 1. The van der Waals surface area contributed by atoms with Gasteiger partial charge in [0.05, 0.1) is 17.5 Å². The first-order valence-electron chi connectivity index (χ1n) is 4.55. The average molecular weight is 180 g/mol. The third kappa shape index (κ3) is 3.11. The smallest absolute Gasteiger partial charge is 0.0619 e. The monoisotopic (exact) mass is 180 g/mol. The zero-order valence-corrected chi connectivity index (χ0v) is 8.36. The summed E-state index contributed by atoms with van der Waals surface area (Å²) in [5, 5.41) is 9.60. The Labute approximate surface area is 78.9 Å². The molecule has 0 saturated heterocycles. The predicted molar refractivity (Wildman–Crippen MR) is 51.3 cm³/mol. The molecule has 72 valence electrons. The Kier molecular flexibility index (Phi) is 3.37. The Morgan fingerprint density at radius 1 is 1.38 bits per heavy atom. The summed E-state index contributed by atoms with van der Waals surface area (Å²) in [5.74, 6) is 0.266. The average Bonchev–Trinajstić information content (AvgIpc) is 2.04. The molecule has 3 nitrogen and oxygen atoms in total. The first kappa shape index (κ1) is 10.1. The van der Waals surface area contributed by atoms with E-state index in [-0.39, 0.29) is 12.0 Å². The summed E-state index contributed by atoms with van der Waals surface area (Å²) in [5.41, 5.74) is 1.76. The Balaban J connectivity index is 2.64.